The smallest absolute Gasteiger partial charge is 0.336 e. The average molecular weight is 557 g/mol. The van der Waals surface area contributed by atoms with Crippen LogP contribution in [0.4, 0.5) is 5.69 Å². The molecule has 0 saturated heterocycles. The Morgan fingerprint density at radius 2 is 2.05 bits per heavy atom. The van der Waals surface area contributed by atoms with Crippen molar-refractivity contribution in [1.82, 2.24) is 5.32 Å². The molecule has 0 bridgehead atoms. The number of phenols is 1. The summed E-state index contributed by atoms with van der Waals surface area (Å²) < 4.78 is 16.5. The van der Waals surface area contributed by atoms with Crippen LogP contribution >= 0.6 is 11.3 Å². The maximum Gasteiger partial charge on any atom is 0.336 e. The number of esters is 1. The van der Waals surface area contributed by atoms with Gasteiger partial charge in [-0.15, -0.1) is 11.3 Å². The fraction of sp³-hybridized carbons (Fsp3) is 0.429. The third-order valence-electron chi connectivity index (χ3n) is 6.67. The summed E-state index contributed by atoms with van der Waals surface area (Å²) in [5, 5.41) is 27.5. The van der Waals surface area contributed by atoms with Crippen LogP contribution in [0, 0.1) is 10.1 Å². The molecule has 0 saturated carbocycles. The molecule has 1 aliphatic carbocycles. The zero-order valence-corrected chi connectivity index (χ0v) is 23.1. The number of aromatic hydroxyl groups is 1. The van der Waals surface area contributed by atoms with Gasteiger partial charge in [-0.1, -0.05) is 6.07 Å². The van der Waals surface area contributed by atoms with Crippen molar-refractivity contribution < 1.29 is 33.8 Å². The third kappa shape index (κ3) is 5.99. The molecule has 2 heterocycles. The first-order chi connectivity index (χ1) is 18.6. The lowest BCUT2D eigenvalue weighted by Crippen LogP contribution is -2.36. The lowest BCUT2D eigenvalue weighted by atomic mass is 9.72. The first kappa shape index (κ1) is 28.3. The second-order valence-electron chi connectivity index (χ2n) is 9.67. The molecule has 2 atom stereocenters. The van der Waals surface area contributed by atoms with Crippen LogP contribution in [0.25, 0.3) is 0 Å². The summed E-state index contributed by atoms with van der Waals surface area (Å²) in [7, 11) is 0. The first-order valence-electron chi connectivity index (χ1n) is 12.8. The van der Waals surface area contributed by atoms with Gasteiger partial charge in [0.05, 0.1) is 29.8 Å². The van der Waals surface area contributed by atoms with Crippen LogP contribution in [0.15, 0.2) is 52.2 Å². The van der Waals surface area contributed by atoms with E-state index in [0.29, 0.717) is 23.4 Å². The van der Waals surface area contributed by atoms with Gasteiger partial charge < -0.3 is 24.6 Å². The van der Waals surface area contributed by atoms with Gasteiger partial charge in [0.1, 0.15) is 6.61 Å². The second-order valence-corrected chi connectivity index (χ2v) is 10.6. The Kier molecular flexibility index (Phi) is 8.71. The van der Waals surface area contributed by atoms with E-state index in [0.717, 1.165) is 4.88 Å². The summed E-state index contributed by atoms with van der Waals surface area (Å²) in [4.78, 5) is 39.4. The molecule has 1 aliphatic heterocycles. The number of nitrogens with zero attached hydrogens (tertiary/aromatic N) is 1. The molecule has 1 aromatic heterocycles. The SMILES string of the molecule is CCOc1cc(C2C(C(=O)OCCOC(C)C)=C(C)NC3=C2C(=O)CC(c2cccs2)C3)cc([N+](=O)[O-])c1O. The number of thiophene rings is 1. The number of ketones is 1. The van der Waals surface area contributed by atoms with Gasteiger partial charge in [0, 0.05) is 46.2 Å². The summed E-state index contributed by atoms with van der Waals surface area (Å²) in [5.74, 6) is -2.51. The number of nitrogens with one attached hydrogen (secondary N) is 1. The molecular weight excluding hydrogens is 524 g/mol. The van der Waals surface area contributed by atoms with Gasteiger partial charge in [-0.3, -0.25) is 14.9 Å². The number of hydrogen-bond acceptors (Lipinski definition) is 10. The number of carbonyl (C=O) groups excluding carboxylic acids is 2. The Morgan fingerprint density at radius 3 is 2.69 bits per heavy atom. The number of ether oxygens (including phenoxy) is 3. The summed E-state index contributed by atoms with van der Waals surface area (Å²) in [6.07, 6.45) is 0.741. The van der Waals surface area contributed by atoms with Crippen LogP contribution in [-0.4, -0.2) is 47.7 Å². The van der Waals surface area contributed by atoms with Crippen LogP contribution in [0.5, 0.6) is 11.5 Å². The predicted molar refractivity (Wildman–Crippen MR) is 145 cm³/mol. The van der Waals surface area contributed by atoms with E-state index in [9.17, 15) is 24.8 Å². The minimum Gasteiger partial charge on any atom is -0.500 e. The van der Waals surface area contributed by atoms with E-state index < -0.39 is 28.2 Å². The number of nitro benzene ring substituents is 1. The van der Waals surface area contributed by atoms with E-state index in [1.54, 1.807) is 25.2 Å². The fourth-order valence-electron chi connectivity index (χ4n) is 5.05. The normalized spacial score (nSPS) is 19.2. The molecule has 0 spiro atoms. The lowest BCUT2D eigenvalue weighted by Gasteiger charge is -2.36. The zero-order valence-electron chi connectivity index (χ0n) is 22.3. The minimum atomic E-state index is -0.949. The number of allylic oxidation sites excluding steroid dienone is 3. The highest BCUT2D eigenvalue weighted by Gasteiger charge is 2.42. The molecule has 1 aromatic carbocycles. The molecule has 39 heavy (non-hydrogen) atoms. The summed E-state index contributed by atoms with van der Waals surface area (Å²) in [5.41, 5.74) is 1.39. The van der Waals surface area contributed by atoms with Gasteiger partial charge in [-0.25, -0.2) is 4.79 Å². The van der Waals surface area contributed by atoms with Gasteiger partial charge in [-0.2, -0.15) is 0 Å². The summed E-state index contributed by atoms with van der Waals surface area (Å²) >= 11 is 1.58. The number of dihydropyridines is 1. The van der Waals surface area contributed by atoms with Crippen LogP contribution in [-0.2, 0) is 19.1 Å². The molecule has 2 aromatic rings. The molecule has 0 radical (unpaired) electrons. The van der Waals surface area contributed by atoms with E-state index >= 15 is 0 Å². The minimum absolute atomic E-state index is 0.000732. The number of carbonyl (C=O) groups is 2. The van der Waals surface area contributed by atoms with Gasteiger partial charge in [-0.05, 0) is 57.2 Å². The Morgan fingerprint density at radius 1 is 1.28 bits per heavy atom. The van der Waals surface area contributed by atoms with E-state index in [4.69, 9.17) is 14.2 Å². The van der Waals surface area contributed by atoms with E-state index in [1.807, 2.05) is 31.4 Å². The van der Waals surface area contributed by atoms with Crippen molar-refractivity contribution in [2.75, 3.05) is 19.8 Å². The zero-order chi connectivity index (χ0) is 28.3. The van der Waals surface area contributed by atoms with E-state index in [-0.39, 0.29) is 60.9 Å². The van der Waals surface area contributed by atoms with Crippen molar-refractivity contribution in [2.45, 2.75) is 58.5 Å². The quantitative estimate of drug-likeness (QED) is 0.177. The summed E-state index contributed by atoms with van der Waals surface area (Å²) in [6, 6.07) is 6.59. The Balaban J connectivity index is 1.81. The molecule has 11 heteroatoms. The monoisotopic (exact) mass is 556 g/mol. The van der Waals surface area contributed by atoms with Gasteiger partial charge >= 0.3 is 11.7 Å². The highest BCUT2D eigenvalue weighted by atomic mass is 32.1. The van der Waals surface area contributed by atoms with Crippen molar-refractivity contribution in [3.63, 3.8) is 0 Å². The largest absolute Gasteiger partial charge is 0.500 e. The summed E-state index contributed by atoms with van der Waals surface area (Å²) in [6.45, 7) is 7.49. The molecule has 0 amide bonds. The highest BCUT2D eigenvalue weighted by Crippen LogP contribution is 2.49. The van der Waals surface area contributed by atoms with E-state index in [1.165, 1.54) is 12.1 Å². The molecular formula is C28H32N2O8S. The highest BCUT2D eigenvalue weighted by molar-refractivity contribution is 7.10. The Labute approximate surface area is 230 Å². The van der Waals surface area contributed by atoms with Crippen LogP contribution in [0.2, 0.25) is 0 Å². The second kappa shape index (κ2) is 12.0. The Hall–Kier alpha value is -3.70. The van der Waals surface area contributed by atoms with Crippen LogP contribution < -0.4 is 10.1 Å². The molecule has 2 aliphatic rings. The molecule has 2 unspecified atom stereocenters. The number of rotatable bonds is 10. The standard InChI is InChI=1S/C28H32N2O8S/c1-5-36-22-14-18(12-20(27(22)32)30(34)35)25-24(28(33)38-9-8-37-15(2)3)16(4)29-19-11-17(13-21(31)26(19)25)23-7-6-10-39-23/h6-7,10,12,14-15,17,25,29,32H,5,8-9,11,13H2,1-4H3. The van der Waals surface area contributed by atoms with Crippen molar-refractivity contribution in [3.05, 3.63) is 72.7 Å². The molecule has 2 N–H and O–H groups in total. The molecule has 4 rings (SSSR count). The molecule has 208 valence electrons. The fourth-order valence-corrected chi connectivity index (χ4v) is 5.88. The first-order valence-corrected chi connectivity index (χ1v) is 13.7. The molecule has 0 fully saturated rings. The lowest BCUT2D eigenvalue weighted by molar-refractivity contribution is -0.386. The number of hydrogen-bond donors (Lipinski definition) is 2. The van der Waals surface area contributed by atoms with Gasteiger partial charge in [0.15, 0.2) is 11.5 Å². The van der Waals surface area contributed by atoms with E-state index in [2.05, 4.69) is 5.32 Å². The molecule has 10 nitrogen and oxygen atoms in total. The third-order valence-corrected chi connectivity index (χ3v) is 7.70. The van der Waals surface area contributed by atoms with Gasteiger partial charge in [0.25, 0.3) is 0 Å². The number of Topliss-reactive ketones (excluding diaryl/α,β-unsaturated/α-hetero) is 1. The van der Waals surface area contributed by atoms with Crippen LogP contribution in [0.1, 0.15) is 62.8 Å². The average Bonchev–Trinajstić information content (AvgIpc) is 3.42. The van der Waals surface area contributed by atoms with Crippen molar-refractivity contribution in [1.29, 1.82) is 0 Å². The van der Waals surface area contributed by atoms with Gasteiger partial charge in [0.2, 0.25) is 5.75 Å². The number of benzene rings is 1. The maximum absolute atomic E-state index is 13.7. The predicted octanol–water partition coefficient (Wildman–Crippen LogP) is 5.09. The maximum atomic E-state index is 13.7. The van der Waals surface area contributed by atoms with Crippen molar-refractivity contribution >= 4 is 28.8 Å². The van der Waals surface area contributed by atoms with Crippen LogP contribution in [0.3, 0.4) is 0 Å². The van der Waals surface area contributed by atoms with Crippen molar-refractivity contribution in [2.24, 2.45) is 0 Å². The number of nitro groups is 1. The Bertz CT molecular complexity index is 1330. The van der Waals surface area contributed by atoms with Crippen molar-refractivity contribution in [3.8, 4) is 11.5 Å². The number of phenolic OH excluding ortho intramolecular Hbond substituents is 1. The topological polar surface area (TPSA) is 137 Å².